The van der Waals surface area contributed by atoms with E-state index in [4.69, 9.17) is 4.74 Å². The number of carbonyl (C=O) groups excluding carboxylic acids is 1. The Morgan fingerprint density at radius 1 is 1.19 bits per heavy atom. The van der Waals surface area contributed by atoms with Crippen molar-refractivity contribution in [1.29, 1.82) is 0 Å². The van der Waals surface area contributed by atoms with E-state index < -0.39 is 21.8 Å². The third-order valence-corrected chi connectivity index (χ3v) is 7.45. The van der Waals surface area contributed by atoms with Gasteiger partial charge in [-0.05, 0) is 81.1 Å². The second-order valence-corrected chi connectivity index (χ2v) is 10.1. The average molecular weight is 449 g/mol. The molecule has 0 bridgehead atoms. The van der Waals surface area contributed by atoms with Gasteiger partial charge in [-0.2, -0.15) is 4.31 Å². The lowest BCUT2D eigenvalue weighted by Gasteiger charge is -2.31. The lowest BCUT2D eigenvalue weighted by molar-refractivity contribution is -0.126. The molecule has 1 amide bonds. The van der Waals surface area contributed by atoms with E-state index >= 15 is 0 Å². The largest absolute Gasteiger partial charge is 0.491 e. The third-order valence-electron chi connectivity index (χ3n) is 5.57. The summed E-state index contributed by atoms with van der Waals surface area (Å²) in [5, 5.41) is 2.93. The first kappa shape index (κ1) is 23.2. The average Bonchev–Trinajstić information content (AvgIpc) is 2.75. The maximum Gasteiger partial charge on any atom is 0.243 e. The van der Waals surface area contributed by atoms with Gasteiger partial charge in [0.15, 0.2) is 0 Å². The van der Waals surface area contributed by atoms with Crippen LogP contribution in [0, 0.1) is 25.6 Å². The van der Waals surface area contributed by atoms with Crippen LogP contribution in [0.25, 0.3) is 0 Å². The third kappa shape index (κ3) is 5.83. The van der Waals surface area contributed by atoms with Crippen LogP contribution in [-0.4, -0.2) is 44.4 Å². The van der Waals surface area contributed by atoms with Gasteiger partial charge in [0.05, 0.1) is 16.9 Å². The van der Waals surface area contributed by atoms with Crippen LogP contribution in [-0.2, 0) is 14.8 Å². The monoisotopic (exact) mass is 448 g/mol. The Hall–Kier alpha value is -2.45. The maximum atomic E-state index is 13.1. The van der Waals surface area contributed by atoms with Gasteiger partial charge in [-0.15, -0.1) is 0 Å². The first-order valence-corrected chi connectivity index (χ1v) is 11.9. The van der Waals surface area contributed by atoms with E-state index in [0.717, 1.165) is 23.4 Å². The standard InChI is InChI=1S/C23H29FN2O4S/c1-16-6-9-21(13-17(16)2)30-15-18(3)25-23(27)19-5-4-12-26(14-19)31(28,29)22-10-7-20(24)8-11-22/h6-11,13,18-19H,4-5,12,14-15H2,1-3H3,(H,25,27)/t18-,19+/m1/s1. The summed E-state index contributed by atoms with van der Waals surface area (Å²) in [5.74, 6) is -0.367. The number of amides is 1. The summed E-state index contributed by atoms with van der Waals surface area (Å²) in [4.78, 5) is 12.8. The van der Waals surface area contributed by atoms with E-state index in [-0.39, 0.29) is 23.4 Å². The molecule has 1 heterocycles. The number of hydrogen-bond acceptors (Lipinski definition) is 4. The van der Waals surface area contributed by atoms with Crippen molar-refractivity contribution in [3.05, 3.63) is 59.4 Å². The fourth-order valence-corrected chi connectivity index (χ4v) is 5.08. The number of benzene rings is 2. The van der Waals surface area contributed by atoms with Crippen LogP contribution in [0.2, 0.25) is 0 Å². The van der Waals surface area contributed by atoms with Gasteiger partial charge < -0.3 is 10.1 Å². The van der Waals surface area contributed by atoms with Gasteiger partial charge in [-0.25, -0.2) is 12.8 Å². The van der Waals surface area contributed by atoms with Crippen molar-refractivity contribution in [3.63, 3.8) is 0 Å². The minimum Gasteiger partial charge on any atom is -0.491 e. The van der Waals surface area contributed by atoms with Gasteiger partial charge >= 0.3 is 0 Å². The molecular formula is C23H29FN2O4S. The predicted molar refractivity (Wildman–Crippen MR) is 117 cm³/mol. The molecule has 0 aromatic heterocycles. The molecule has 1 aliphatic rings. The lowest BCUT2D eigenvalue weighted by Crippen LogP contribution is -2.48. The molecule has 0 aliphatic carbocycles. The molecule has 0 spiro atoms. The van der Waals surface area contributed by atoms with Crippen molar-refractivity contribution in [2.45, 2.75) is 44.6 Å². The Balaban J connectivity index is 1.56. The molecule has 0 radical (unpaired) electrons. The molecule has 31 heavy (non-hydrogen) atoms. The molecule has 0 unspecified atom stereocenters. The van der Waals surface area contributed by atoms with Crippen molar-refractivity contribution in [2.24, 2.45) is 5.92 Å². The van der Waals surface area contributed by atoms with E-state index in [2.05, 4.69) is 5.32 Å². The summed E-state index contributed by atoms with van der Waals surface area (Å²) in [5.41, 5.74) is 2.32. The Labute approximate surface area is 183 Å². The summed E-state index contributed by atoms with van der Waals surface area (Å²) < 4.78 is 45.9. The van der Waals surface area contributed by atoms with Crippen molar-refractivity contribution >= 4 is 15.9 Å². The van der Waals surface area contributed by atoms with Crippen molar-refractivity contribution in [3.8, 4) is 5.75 Å². The summed E-state index contributed by atoms with van der Waals surface area (Å²) in [6.07, 6.45) is 1.21. The van der Waals surface area contributed by atoms with Crippen LogP contribution in [0.15, 0.2) is 47.4 Å². The van der Waals surface area contributed by atoms with E-state index in [1.807, 2.05) is 39.0 Å². The molecule has 1 aliphatic heterocycles. The number of ether oxygens (including phenoxy) is 1. The lowest BCUT2D eigenvalue weighted by atomic mass is 9.98. The molecule has 1 saturated heterocycles. The van der Waals surface area contributed by atoms with Gasteiger partial charge in [0.25, 0.3) is 0 Å². The van der Waals surface area contributed by atoms with Gasteiger partial charge in [0.2, 0.25) is 15.9 Å². The highest BCUT2D eigenvalue weighted by Gasteiger charge is 2.33. The van der Waals surface area contributed by atoms with Crippen molar-refractivity contribution < 1.29 is 22.3 Å². The molecule has 6 nitrogen and oxygen atoms in total. The zero-order valence-corrected chi connectivity index (χ0v) is 18.9. The number of rotatable bonds is 7. The topological polar surface area (TPSA) is 75.7 Å². The zero-order valence-electron chi connectivity index (χ0n) is 18.1. The van der Waals surface area contributed by atoms with Gasteiger partial charge in [-0.1, -0.05) is 6.07 Å². The highest BCUT2D eigenvalue weighted by molar-refractivity contribution is 7.89. The molecule has 0 saturated carbocycles. The molecular weight excluding hydrogens is 419 g/mol. The first-order valence-electron chi connectivity index (χ1n) is 10.4. The summed E-state index contributed by atoms with van der Waals surface area (Å²) >= 11 is 0. The Morgan fingerprint density at radius 3 is 2.58 bits per heavy atom. The Morgan fingerprint density at radius 2 is 1.90 bits per heavy atom. The second kappa shape index (κ2) is 9.78. The highest BCUT2D eigenvalue weighted by Crippen LogP contribution is 2.24. The van der Waals surface area contributed by atoms with Crippen LogP contribution in [0.3, 0.4) is 0 Å². The molecule has 1 fully saturated rings. The number of nitrogens with one attached hydrogen (secondary N) is 1. The molecule has 1 N–H and O–H groups in total. The predicted octanol–water partition coefficient (Wildman–Crippen LogP) is 3.43. The number of hydrogen-bond donors (Lipinski definition) is 1. The smallest absolute Gasteiger partial charge is 0.243 e. The number of halogens is 1. The van der Waals surface area contributed by atoms with Crippen LogP contribution < -0.4 is 10.1 Å². The highest BCUT2D eigenvalue weighted by atomic mass is 32.2. The SMILES string of the molecule is Cc1ccc(OC[C@@H](C)NC(=O)[C@H]2CCCN(S(=O)(=O)c3ccc(F)cc3)C2)cc1C. The van der Waals surface area contributed by atoms with E-state index in [1.54, 1.807) is 0 Å². The number of sulfonamides is 1. The number of aryl methyl sites for hydroxylation is 2. The maximum absolute atomic E-state index is 13.1. The van der Waals surface area contributed by atoms with Crippen LogP contribution in [0.5, 0.6) is 5.75 Å². The number of piperidine rings is 1. The van der Waals surface area contributed by atoms with Crippen LogP contribution in [0.1, 0.15) is 30.9 Å². The zero-order chi connectivity index (χ0) is 22.6. The minimum absolute atomic E-state index is 0.0325. The molecule has 3 rings (SSSR count). The van der Waals surface area contributed by atoms with Gasteiger partial charge in [0, 0.05) is 13.1 Å². The number of nitrogens with zero attached hydrogens (tertiary/aromatic N) is 1. The number of carbonyl (C=O) groups is 1. The molecule has 2 aromatic rings. The second-order valence-electron chi connectivity index (χ2n) is 8.12. The van der Waals surface area contributed by atoms with E-state index in [1.165, 1.54) is 22.0 Å². The fraction of sp³-hybridized carbons (Fsp3) is 0.435. The van der Waals surface area contributed by atoms with E-state index in [0.29, 0.717) is 26.0 Å². The molecule has 2 atom stereocenters. The van der Waals surface area contributed by atoms with Crippen LogP contribution >= 0.6 is 0 Å². The summed E-state index contributed by atoms with van der Waals surface area (Å²) in [7, 11) is -3.77. The Kier molecular flexibility index (Phi) is 7.33. The minimum atomic E-state index is -3.77. The summed E-state index contributed by atoms with van der Waals surface area (Å²) in [6.45, 7) is 6.67. The van der Waals surface area contributed by atoms with Crippen molar-refractivity contribution in [1.82, 2.24) is 9.62 Å². The molecule has 2 aromatic carbocycles. The van der Waals surface area contributed by atoms with Gasteiger partial charge in [0.1, 0.15) is 18.2 Å². The Bertz CT molecular complexity index is 1020. The molecule has 8 heteroatoms. The summed E-state index contributed by atoms with van der Waals surface area (Å²) in [6, 6.07) is 10.4. The van der Waals surface area contributed by atoms with Gasteiger partial charge in [-0.3, -0.25) is 4.79 Å². The first-order chi connectivity index (χ1) is 14.7. The van der Waals surface area contributed by atoms with Crippen LogP contribution in [0.4, 0.5) is 4.39 Å². The van der Waals surface area contributed by atoms with E-state index in [9.17, 15) is 17.6 Å². The van der Waals surface area contributed by atoms with Crippen molar-refractivity contribution in [2.75, 3.05) is 19.7 Å². The normalized spacial score (nSPS) is 18.4. The fourth-order valence-electron chi connectivity index (χ4n) is 3.56. The quantitative estimate of drug-likeness (QED) is 0.704. The molecule has 168 valence electrons.